The topological polar surface area (TPSA) is 39.1 Å². The van der Waals surface area contributed by atoms with Crippen LogP contribution in [0.15, 0.2) is 30.5 Å². The summed E-state index contributed by atoms with van der Waals surface area (Å²) in [6.07, 6.45) is 4.46. The van der Waals surface area contributed by atoms with Crippen molar-refractivity contribution in [1.82, 2.24) is 9.55 Å². The van der Waals surface area contributed by atoms with Crippen LogP contribution in [0.4, 0.5) is 5.95 Å². The molecule has 2 aromatic rings. The predicted octanol–water partition coefficient (Wildman–Crippen LogP) is 3.79. The summed E-state index contributed by atoms with van der Waals surface area (Å²) >= 11 is 0. The van der Waals surface area contributed by atoms with Gasteiger partial charge in [0.05, 0.1) is 12.2 Å². The van der Waals surface area contributed by atoms with E-state index in [9.17, 15) is 0 Å². The van der Waals surface area contributed by atoms with Gasteiger partial charge in [-0.25, -0.2) is 4.98 Å². The van der Waals surface area contributed by atoms with E-state index in [1.807, 2.05) is 25.1 Å². The summed E-state index contributed by atoms with van der Waals surface area (Å²) < 4.78 is 7.92. The van der Waals surface area contributed by atoms with E-state index < -0.39 is 0 Å². The zero-order valence-electron chi connectivity index (χ0n) is 13.2. The van der Waals surface area contributed by atoms with Crippen LogP contribution < -0.4 is 10.1 Å². The number of unbranched alkanes of at least 4 members (excludes halogenated alkanes) is 1. The first kappa shape index (κ1) is 15.4. The number of aryl methyl sites for hydroxylation is 3. The third-order valence-electron chi connectivity index (χ3n) is 3.29. The number of hydrogen-bond acceptors (Lipinski definition) is 3. The Morgan fingerprint density at radius 2 is 2.14 bits per heavy atom. The molecule has 4 nitrogen and oxygen atoms in total. The molecule has 0 aliphatic rings. The first-order chi connectivity index (χ1) is 10.2. The molecule has 1 aromatic carbocycles. The minimum atomic E-state index is 0.628. The summed E-state index contributed by atoms with van der Waals surface area (Å²) in [6, 6.07) is 8.11. The molecule has 0 radical (unpaired) electrons. The number of nitrogens with zero attached hydrogens (tertiary/aromatic N) is 2. The van der Waals surface area contributed by atoms with Gasteiger partial charge in [-0.1, -0.05) is 25.5 Å². The highest BCUT2D eigenvalue weighted by atomic mass is 16.5. The van der Waals surface area contributed by atoms with E-state index in [0.717, 1.165) is 30.5 Å². The maximum absolute atomic E-state index is 5.74. The van der Waals surface area contributed by atoms with Gasteiger partial charge in [-0.15, -0.1) is 0 Å². The van der Waals surface area contributed by atoms with Crippen LogP contribution in [-0.2, 0) is 6.54 Å². The number of benzene rings is 1. The monoisotopic (exact) mass is 287 g/mol. The van der Waals surface area contributed by atoms with Crippen molar-refractivity contribution in [1.29, 1.82) is 0 Å². The maximum atomic E-state index is 5.74. The summed E-state index contributed by atoms with van der Waals surface area (Å²) in [5.74, 6) is 1.86. The molecule has 1 aromatic heterocycles. The smallest absolute Gasteiger partial charge is 0.203 e. The molecule has 0 saturated carbocycles. The van der Waals surface area contributed by atoms with Gasteiger partial charge in [0.25, 0.3) is 0 Å². The molecular formula is C17H25N3O. The van der Waals surface area contributed by atoms with Gasteiger partial charge in [-0.2, -0.15) is 0 Å². The molecule has 1 N–H and O–H groups in total. The quantitative estimate of drug-likeness (QED) is 0.751. The number of anilines is 1. The first-order valence-electron chi connectivity index (χ1n) is 7.66. The van der Waals surface area contributed by atoms with Gasteiger partial charge in [-0.05, 0) is 38.0 Å². The van der Waals surface area contributed by atoms with Gasteiger partial charge in [-0.3, -0.25) is 0 Å². The van der Waals surface area contributed by atoms with Crippen LogP contribution in [-0.4, -0.2) is 22.7 Å². The van der Waals surface area contributed by atoms with Gasteiger partial charge in [0.15, 0.2) is 0 Å². The molecule has 0 aliphatic carbocycles. The molecule has 0 saturated heterocycles. The van der Waals surface area contributed by atoms with Crippen molar-refractivity contribution in [2.75, 3.05) is 18.5 Å². The van der Waals surface area contributed by atoms with E-state index in [1.165, 1.54) is 18.4 Å². The molecule has 4 heteroatoms. The molecule has 0 spiro atoms. The van der Waals surface area contributed by atoms with Crippen LogP contribution in [0, 0.1) is 13.8 Å². The SMILES string of the molecule is CCCCn1cc(C)nc1NCCOc1cccc(C)c1. The van der Waals surface area contributed by atoms with Crippen LogP contribution in [0.3, 0.4) is 0 Å². The molecule has 0 unspecified atom stereocenters. The summed E-state index contributed by atoms with van der Waals surface area (Å²) in [5, 5.41) is 3.35. The molecule has 0 amide bonds. The zero-order chi connectivity index (χ0) is 15.1. The number of imidazole rings is 1. The van der Waals surface area contributed by atoms with E-state index in [-0.39, 0.29) is 0 Å². The van der Waals surface area contributed by atoms with Crippen molar-refractivity contribution in [3.8, 4) is 5.75 Å². The van der Waals surface area contributed by atoms with Crippen LogP contribution >= 0.6 is 0 Å². The molecule has 2 rings (SSSR count). The molecule has 114 valence electrons. The number of nitrogens with one attached hydrogen (secondary N) is 1. The Balaban J connectivity index is 1.80. The van der Waals surface area contributed by atoms with Crippen molar-refractivity contribution >= 4 is 5.95 Å². The lowest BCUT2D eigenvalue weighted by molar-refractivity contribution is 0.332. The van der Waals surface area contributed by atoms with Crippen molar-refractivity contribution < 1.29 is 4.74 Å². The highest BCUT2D eigenvalue weighted by Gasteiger charge is 2.04. The molecular weight excluding hydrogens is 262 g/mol. The molecule has 0 bridgehead atoms. The van der Waals surface area contributed by atoms with Gasteiger partial charge < -0.3 is 14.6 Å². The third-order valence-corrected chi connectivity index (χ3v) is 3.29. The Kier molecular flexibility index (Phi) is 5.67. The lowest BCUT2D eigenvalue weighted by Crippen LogP contribution is -2.15. The summed E-state index contributed by atoms with van der Waals surface area (Å²) in [4.78, 5) is 4.52. The first-order valence-corrected chi connectivity index (χ1v) is 7.66. The molecule has 21 heavy (non-hydrogen) atoms. The molecule has 1 heterocycles. The second kappa shape index (κ2) is 7.72. The fraction of sp³-hybridized carbons (Fsp3) is 0.471. The van der Waals surface area contributed by atoms with Crippen LogP contribution in [0.25, 0.3) is 0 Å². The average Bonchev–Trinajstić information content (AvgIpc) is 2.81. The fourth-order valence-corrected chi connectivity index (χ4v) is 2.22. The Morgan fingerprint density at radius 3 is 2.90 bits per heavy atom. The van der Waals surface area contributed by atoms with Crippen molar-refractivity contribution in [3.63, 3.8) is 0 Å². The van der Waals surface area contributed by atoms with E-state index in [1.54, 1.807) is 0 Å². The lowest BCUT2D eigenvalue weighted by Gasteiger charge is -2.10. The minimum absolute atomic E-state index is 0.628. The Bertz CT molecular complexity index is 563. The average molecular weight is 287 g/mol. The van der Waals surface area contributed by atoms with E-state index in [4.69, 9.17) is 4.74 Å². The lowest BCUT2D eigenvalue weighted by atomic mass is 10.2. The number of hydrogen-bond donors (Lipinski definition) is 1. The Labute approximate surface area is 127 Å². The standard InChI is InChI=1S/C17H25N3O/c1-4-5-10-20-13-15(3)19-17(20)18-9-11-21-16-8-6-7-14(2)12-16/h6-8,12-13H,4-5,9-11H2,1-3H3,(H,18,19). The van der Waals surface area contributed by atoms with Crippen LogP contribution in [0.5, 0.6) is 5.75 Å². The molecule has 0 fully saturated rings. The fourth-order valence-electron chi connectivity index (χ4n) is 2.22. The van der Waals surface area contributed by atoms with Gasteiger partial charge in [0.2, 0.25) is 5.95 Å². The number of ether oxygens (including phenoxy) is 1. The van der Waals surface area contributed by atoms with Crippen molar-refractivity contribution in [2.45, 2.75) is 40.2 Å². The van der Waals surface area contributed by atoms with Crippen molar-refractivity contribution in [3.05, 3.63) is 41.7 Å². The van der Waals surface area contributed by atoms with Crippen molar-refractivity contribution in [2.24, 2.45) is 0 Å². The summed E-state index contributed by atoms with van der Waals surface area (Å²) in [5.41, 5.74) is 2.26. The van der Waals surface area contributed by atoms with Crippen LogP contribution in [0.1, 0.15) is 31.0 Å². The summed E-state index contributed by atoms with van der Waals surface area (Å²) in [7, 11) is 0. The normalized spacial score (nSPS) is 10.6. The number of rotatable bonds is 8. The van der Waals surface area contributed by atoms with Gasteiger partial charge in [0.1, 0.15) is 12.4 Å². The van der Waals surface area contributed by atoms with Gasteiger partial charge in [0, 0.05) is 12.7 Å². The van der Waals surface area contributed by atoms with Gasteiger partial charge >= 0.3 is 0 Å². The van der Waals surface area contributed by atoms with E-state index >= 15 is 0 Å². The highest BCUT2D eigenvalue weighted by Crippen LogP contribution is 2.13. The minimum Gasteiger partial charge on any atom is -0.492 e. The second-order valence-electron chi connectivity index (χ2n) is 5.34. The Hall–Kier alpha value is -1.97. The molecule has 0 atom stereocenters. The number of aromatic nitrogens is 2. The van der Waals surface area contributed by atoms with E-state index in [2.05, 4.69) is 41.0 Å². The Morgan fingerprint density at radius 1 is 1.29 bits per heavy atom. The highest BCUT2D eigenvalue weighted by molar-refractivity contribution is 5.29. The largest absolute Gasteiger partial charge is 0.492 e. The van der Waals surface area contributed by atoms with Crippen LogP contribution in [0.2, 0.25) is 0 Å². The maximum Gasteiger partial charge on any atom is 0.203 e. The van der Waals surface area contributed by atoms with E-state index in [0.29, 0.717) is 6.61 Å². The third kappa shape index (κ3) is 4.81. The second-order valence-corrected chi connectivity index (χ2v) is 5.34. The predicted molar refractivity (Wildman–Crippen MR) is 87.0 cm³/mol. The zero-order valence-corrected chi connectivity index (χ0v) is 13.2. The summed E-state index contributed by atoms with van der Waals surface area (Å²) in [6.45, 7) is 8.68. The molecule has 0 aliphatic heterocycles.